The number of hydrogen-bond acceptors (Lipinski definition) is 3. The Labute approximate surface area is 110 Å². The van der Waals surface area contributed by atoms with Gasteiger partial charge in [0.15, 0.2) is 0 Å². The van der Waals surface area contributed by atoms with Crippen molar-refractivity contribution in [3.8, 4) is 5.75 Å². The Morgan fingerprint density at radius 3 is 2.72 bits per heavy atom. The fourth-order valence-corrected chi connectivity index (χ4v) is 1.88. The van der Waals surface area contributed by atoms with E-state index >= 15 is 0 Å². The van der Waals surface area contributed by atoms with Gasteiger partial charge in [-0.2, -0.15) is 0 Å². The van der Waals surface area contributed by atoms with Gasteiger partial charge in [0.1, 0.15) is 12.4 Å². The molecule has 1 unspecified atom stereocenters. The van der Waals surface area contributed by atoms with Crippen LogP contribution in [0.2, 0.25) is 0 Å². The Bertz CT molecular complexity index is 328. The monoisotopic (exact) mass is 251 g/mol. The average molecular weight is 251 g/mol. The molecule has 1 atom stereocenters. The van der Waals surface area contributed by atoms with Crippen molar-refractivity contribution in [3.63, 3.8) is 0 Å². The van der Waals surface area contributed by atoms with Gasteiger partial charge >= 0.3 is 0 Å². The fraction of sp³-hybridized carbons (Fsp3) is 0.600. The molecule has 1 aromatic rings. The van der Waals surface area contributed by atoms with E-state index in [4.69, 9.17) is 9.47 Å². The van der Waals surface area contributed by atoms with E-state index in [0.717, 1.165) is 17.9 Å². The molecule has 18 heavy (non-hydrogen) atoms. The highest BCUT2D eigenvalue weighted by atomic mass is 16.5. The van der Waals surface area contributed by atoms with E-state index in [0.29, 0.717) is 19.3 Å². The number of nitrogens with one attached hydrogen (secondary N) is 1. The summed E-state index contributed by atoms with van der Waals surface area (Å²) in [5.41, 5.74) is 1.13. The molecule has 0 fully saturated rings. The van der Waals surface area contributed by atoms with Gasteiger partial charge in [-0.15, -0.1) is 0 Å². The van der Waals surface area contributed by atoms with Crippen LogP contribution in [0.1, 0.15) is 33.1 Å². The number of rotatable bonds is 9. The van der Waals surface area contributed by atoms with Crippen molar-refractivity contribution in [2.45, 2.75) is 39.2 Å². The average Bonchev–Trinajstić information content (AvgIpc) is 2.39. The molecular weight excluding hydrogens is 226 g/mol. The van der Waals surface area contributed by atoms with E-state index in [-0.39, 0.29) is 0 Å². The SMILES string of the molecule is CCCC(CC)Nc1cccc(OCCOC)c1. The number of hydrogen-bond donors (Lipinski definition) is 1. The summed E-state index contributed by atoms with van der Waals surface area (Å²) in [6.07, 6.45) is 3.55. The maximum absolute atomic E-state index is 5.60. The predicted octanol–water partition coefficient (Wildman–Crippen LogP) is 3.70. The van der Waals surface area contributed by atoms with E-state index in [9.17, 15) is 0 Å². The molecular formula is C15H25NO2. The van der Waals surface area contributed by atoms with Crippen molar-refractivity contribution in [1.29, 1.82) is 0 Å². The Morgan fingerprint density at radius 2 is 2.06 bits per heavy atom. The Kier molecular flexibility index (Phi) is 7.26. The second-order valence-corrected chi connectivity index (χ2v) is 4.41. The minimum absolute atomic E-state index is 0.546. The first-order chi connectivity index (χ1) is 8.80. The molecule has 0 radical (unpaired) electrons. The quantitative estimate of drug-likeness (QED) is 0.679. The van der Waals surface area contributed by atoms with Gasteiger partial charge in [-0.3, -0.25) is 0 Å². The van der Waals surface area contributed by atoms with Crippen LogP contribution in [0.4, 0.5) is 5.69 Å². The van der Waals surface area contributed by atoms with Gasteiger partial charge < -0.3 is 14.8 Å². The number of ether oxygens (including phenoxy) is 2. The van der Waals surface area contributed by atoms with Gasteiger partial charge in [0.05, 0.1) is 6.61 Å². The van der Waals surface area contributed by atoms with Crippen LogP contribution in [-0.4, -0.2) is 26.4 Å². The van der Waals surface area contributed by atoms with Crippen LogP contribution in [-0.2, 0) is 4.74 Å². The third-order valence-corrected chi connectivity index (χ3v) is 2.89. The predicted molar refractivity (Wildman–Crippen MR) is 76.4 cm³/mol. The first kappa shape index (κ1) is 14.8. The minimum atomic E-state index is 0.546. The highest BCUT2D eigenvalue weighted by molar-refractivity contribution is 5.48. The molecule has 0 aliphatic heterocycles. The molecule has 102 valence electrons. The number of methoxy groups -OCH3 is 1. The molecule has 3 heteroatoms. The molecule has 1 rings (SSSR count). The largest absolute Gasteiger partial charge is 0.491 e. The molecule has 1 aromatic carbocycles. The smallest absolute Gasteiger partial charge is 0.121 e. The summed E-state index contributed by atoms with van der Waals surface area (Å²) in [7, 11) is 1.68. The van der Waals surface area contributed by atoms with E-state index in [1.54, 1.807) is 7.11 Å². The molecule has 1 N–H and O–H groups in total. The van der Waals surface area contributed by atoms with Crippen LogP contribution in [0.5, 0.6) is 5.75 Å². The summed E-state index contributed by atoms with van der Waals surface area (Å²) in [6, 6.07) is 8.67. The topological polar surface area (TPSA) is 30.5 Å². The number of benzene rings is 1. The van der Waals surface area contributed by atoms with Gasteiger partial charge in [0.2, 0.25) is 0 Å². The fourth-order valence-electron chi connectivity index (χ4n) is 1.88. The molecule has 0 bridgehead atoms. The van der Waals surface area contributed by atoms with Crippen LogP contribution >= 0.6 is 0 Å². The van der Waals surface area contributed by atoms with Gasteiger partial charge in [-0.25, -0.2) is 0 Å². The van der Waals surface area contributed by atoms with Crippen LogP contribution < -0.4 is 10.1 Å². The zero-order valence-electron chi connectivity index (χ0n) is 11.7. The Hall–Kier alpha value is -1.22. The van der Waals surface area contributed by atoms with Crippen LogP contribution in [0, 0.1) is 0 Å². The first-order valence-electron chi connectivity index (χ1n) is 6.78. The Balaban J connectivity index is 2.52. The van der Waals surface area contributed by atoms with Crippen molar-refractivity contribution in [1.82, 2.24) is 0 Å². The standard InChI is InChI=1S/C15H25NO2/c1-4-7-13(5-2)16-14-8-6-9-15(12-14)18-11-10-17-3/h6,8-9,12-13,16H,4-5,7,10-11H2,1-3H3. The summed E-state index contributed by atoms with van der Waals surface area (Å²) < 4.78 is 10.6. The highest BCUT2D eigenvalue weighted by Crippen LogP contribution is 2.19. The van der Waals surface area contributed by atoms with Crippen LogP contribution in [0.15, 0.2) is 24.3 Å². The minimum Gasteiger partial charge on any atom is -0.491 e. The maximum Gasteiger partial charge on any atom is 0.121 e. The molecule has 0 heterocycles. The summed E-state index contributed by atoms with van der Waals surface area (Å²) in [6.45, 7) is 5.64. The molecule has 0 aliphatic carbocycles. The summed E-state index contributed by atoms with van der Waals surface area (Å²) in [5.74, 6) is 0.892. The third kappa shape index (κ3) is 5.41. The zero-order chi connectivity index (χ0) is 13.2. The lowest BCUT2D eigenvalue weighted by molar-refractivity contribution is 0.146. The lowest BCUT2D eigenvalue weighted by atomic mass is 10.1. The second kappa shape index (κ2) is 8.81. The van der Waals surface area contributed by atoms with E-state index in [1.807, 2.05) is 18.2 Å². The van der Waals surface area contributed by atoms with E-state index < -0.39 is 0 Å². The van der Waals surface area contributed by atoms with Crippen molar-refractivity contribution in [3.05, 3.63) is 24.3 Å². The van der Waals surface area contributed by atoms with Crippen molar-refractivity contribution >= 4 is 5.69 Å². The number of anilines is 1. The second-order valence-electron chi connectivity index (χ2n) is 4.41. The van der Waals surface area contributed by atoms with Crippen LogP contribution in [0.25, 0.3) is 0 Å². The highest BCUT2D eigenvalue weighted by Gasteiger charge is 2.05. The van der Waals surface area contributed by atoms with Gasteiger partial charge in [-0.1, -0.05) is 26.3 Å². The lowest BCUT2D eigenvalue weighted by Crippen LogP contribution is -2.17. The zero-order valence-corrected chi connectivity index (χ0v) is 11.7. The van der Waals surface area contributed by atoms with Crippen LogP contribution in [0.3, 0.4) is 0 Å². The summed E-state index contributed by atoms with van der Waals surface area (Å²) in [5, 5.41) is 3.55. The van der Waals surface area contributed by atoms with Gasteiger partial charge in [-0.05, 0) is 25.0 Å². The molecule has 0 amide bonds. The van der Waals surface area contributed by atoms with Gasteiger partial charge in [0, 0.05) is 24.9 Å². The molecule has 0 aromatic heterocycles. The molecule has 0 saturated carbocycles. The summed E-state index contributed by atoms with van der Waals surface area (Å²) in [4.78, 5) is 0. The summed E-state index contributed by atoms with van der Waals surface area (Å²) >= 11 is 0. The third-order valence-electron chi connectivity index (χ3n) is 2.89. The van der Waals surface area contributed by atoms with Gasteiger partial charge in [0.25, 0.3) is 0 Å². The lowest BCUT2D eigenvalue weighted by Gasteiger charge is -2.18. The van der Waals surface area contributed by atoms with Crippen molar-refractivity contribution in [2.24, 2.45) is 0 Å². The molecule has 3 nitrogen and oxygen atoms in total. The van der Waals surface area contributed by atoms with E-state index in [1.165, 1.54) is 12.8 Å². The first-order valence-corrected chi connectivity index (χ1v) is 6.78. The molecule has 0 spiro atoms. The molecule has 0 saturated heterocycles. The maximum atomic E-state index is 5.60. The van der Waals surface area contributed by atoms with Crippen molar-refractivity contribution in [2.75, 3.05) is 25.6 Å². The normalized spacial score (nSPS) is 12.2. The molecule has 0 aliphatic rings. The Morgan fingerprint density at radius 1 is 1.22 bits per heavy atom. The van der Waals surface area contributed by atoms with E-state index in [2.05, 4.69) is 25.2 Å². The van der Waals surface area contributed by atoms with Crippen molar-refractivity contribution < 1.29 is 9.47 Å².